The first-order valence-corrected chi connectivity index (χ1v) is 8.78. The summed E-state index contributed by atoms with van der Waals surface area (Å²) < 4.78 is 15.4. The molecule has 0 bridgehead atoms. The van der Waals surface area contributed by atoms with E-state index >= 15 is 0 Å². The summed E-state index contributed by atoms with van der Waals surface area (Å²) in [5.74, 6) is -0.267. The summed E-state index contributed by atoms with van der Waals surface area (Å²) in [6, 6.07) is 11.8. The molecule has 1 atom stereocenters. The Bertz CT molecular complexity index is 791. The van der Waals surface area contributed by atoms with Gasteiger partial charge >= 0.3 is 5.97 Å². The summed E-state index contributed by atoms with van der Waals surface area (Å²) in [5, 5.41) is 3.45. The summed E-state index contributed by atoms with van der Waals surface area (Å²) in [6.45, 7) is 3.96. The highest BCUT2D eigenvalue weighted by atomic mass is 35.5. The fourth-order valence-electron chi connectivity index (χ4n) is 2.24. The monoisotopic (exact) mass is 391 g/mol. The number of hydrogen-bond acceptors (Lipinski definition) is 5. The topological polar surface area (TPSA) is 73.9 Å². The summed E-state index contributed by atoms with van der Waals surface area (Å²) in [7, 11) is 1.53. The molecule has 0 spiro atoms. The first-order valence-electron chi connectivity index (χ1n) is 8.40. The summed E-state index contributed by atoms with van der Waals surface area (Å²) >= 11 is 5.92. The van der Waals surface area contributed by atoms with Gasteiger partial charge in [-0.15, -0.1) is 0 Å². The van der Waals surface area contributed by atoms with Crippen molar-refractivity contribution in [3.63, 3.8) is 0 Å². The van der Waals surface area contributed by atoms with E-state index in [1.165, 1.54) is 7.11 Å². The second kappa shape index (κ2) is 9.94. The molecule has 1 N–H and O–H groups in total. The fraction of sp³-hybridized carbons (Fsp3) is 0.300. The number of benzene rings is 2. The van der Waals surface area contributed by atoms with Crippen molar-refractivity contribution >= 4 is 29.2 Å². The maximum Gasteiger partial charge on any atom is 0.347 e. The zero-order valence-electron chi connectivity index (χ0n) is 15.5. The molecule has 7 heteroatoms. The molecule has 0 aromatic heterocycles. The van der Waals surface area contributed by atoms with Gasteiger partial charge in [0.1, 0.15) is 12.4 Å². The molecule has 0 aliphatic rings. The number of ether oxygens (including phenoxy) is 3. The van der Waals surface area contributed by atoms with Crippen molar-refractivity contribution in [2.45, 2.75) is 20.0 Å². The Hall–Kier alpha value is -2.57. The largest absolute Gasteiger partial charge is 0.479 e. The van der Waals surface area contributed by atoms with E-state index in [9.17, 15) is 9.59 Å². The lowest BCUT2D eigenvalue weighted by Crippen LogP contribution is -2.27. The number of carbonyl (C=O) groups excluding carboxylic acids is 2. The minimum Gasteiger partial charge on any atom is -0.479 e. The maximum atomic E-state index is 12.4. The van der Waals surface area contributed by atoms with E-state index in [-0.39, 0.29) is 12.5 Å². The third-order valence-electron chi connectivity index (χ3n) is 3.73. The molecule has 2 aromatic rings. The van der Waals surface area contributed by atoms with Gasteiger partial charge in [0.25, 0.3) is 5.91 Å². The van der Waals surface area contributed by atoms with Gasteiger partial charge in [-0.2, -0.15) is 0 Å². The molecule has 0 unspecified atom stereocenters. The lowest BCUT2D eigenvalue weighted by atomic mass is 10.1. The Labute approximate surface area is 163 Å². The summed E-state index contributed by atoms with van der Waals surface area (Å²) in [4.78, 5) is 24.1. The molecule has 6 nitrogen and oxygen atoms in total. The van der Waals surface area contributed by atoms with Gasteiger partial charge in [-0.1, -0.05) is 11.6 Å². The minimum atomic E-state index is -0.766. The number of halogens is 1. The van der Waals surface area contributed by atoms with Crippen molar-refractivity contribution in [2.24, 2.45) is 0 Å². The Morgan fingerprint density at radius 2 is 1.81 bits per heavy atom. The predicted octanol–water partition coefficient (Wildman–Crippen LogP) is 3.86. The van der Waals surface area contributed by atoms with Crippen LogP contribution in [-0.4, -0.2) is 38.3 Å². The van der Waals surface area contributed by atoms with Gasteiger partial charge < -0.3 is 19.5 Å². The standard InChI is InChI=1S/C20H22ClNO5/c1-13-12-16(21)6-9-18(13)22-19(23)15-4-7-17(8-5-15)27-14(2)20(24)26-11-10-25-3/h4-9,12,14H,10-11H2,1-3H3,(H,22,23)/t14-/m0/s1. The van der Waals surface area contributed by atoms with Crippen LogP contribution < -0.4 is 10.1 Å². The van der Waals surface area contributed by atoms with E-state index in [4.69, 9.17) is 25.8 Å². The fourth-order valence-corrected chi connectivity index (χ4v) is 2.47. The zero-order chi connectivity index (χ0) is 19.8. The average molecular weight is 392 g/mol. The molecule has 27 heavy (non-hydrogen) atoms. The number of anilines is 1. The molecule has 0 aliphatic heterocycles. The highest BCUT2D eigenvalue weighted by Crippen LogP contribution is 2.21. The Morgan fingerprint density at radius 1 is 1.11 bits per heavy atom. The summed E-state index contributed by atoms with van der Waals surface area (Å²) in [6.07, 6.45) is -0.766. The van der Waals surface area contributed by atoms with E-state index in [0.29, 0.717) is 28.6 Å². The third-order valence-corrected chi connectivity index (χ3v) is 3.96. The number of hydrogen-bond donors (Lipinski definition) is 1. The van der Waals surface area contributed by atoms with Crippen LogP contribution in [0.2, 0.25) is 5.02 Å². The van der Waals surface area contributed by atoms with Crippen LogP contribution in [0.3, 0.4) is 0 Å². The van der Waals surface area contributed by atoms with Crippen LogP contribution in [0.25, 0.3) is 0 Å². The molecule has 0 saturated carbocycles. The van der Waals surface area contributed by atoms with Gasteiger partial charge in [-0.25, -0.2) is 4.79 Å². The van der Waals surface area contributed by atoms with Gasteiger partial charge in [0.2, 0.25) is 0 Å². The molecule has 144 valence electrons. The quantitative estimate of drug-likeness (QED) is 0.546. The van der Waals surface area contributed by atoms with Crippen LogP contribution in [-0.2, 0) is 14.3 Å². The van der Waals surface area contributed by atoms with Crippen molar-refractivity contribution in [3.05, 3.63) is 58.6 Å². The van der Waals surface area contributed by atoms with E-state index in [1.807, 2.05) is 6.92 Å². The number of rotatable bonds is 8. The Balaban J connectivity index is 1.93. The SMILES string of the molecule is COCCOC(=O)[C@H](C)Oc1ccc(C(=O)Nc2ccc(Cl)cc2C)cc1. The third kappa shape index (κ3) is 6.27. The van der Waals surface area contributed by atoms with Gasteiger partial charge in [0.15, 0.2) is 6.10 Å². The van der Waals surface area contributed by atoms with Gasteiger partial charge in [-0.05, 0) is 61.9 Å². The van der Waals surface area contributed by atoms with Crippen LogP contribution in [0.4, 0.5) is 5.69 Å². The molecule has 2 aromatic carbocycles. The molecule has 0 radical (unpaired) electrons. The molecule has 1 amide bonds. The maximum absolute atomic E-state index is 12.4. The average Bonchev–Trinajstić information content (AvgIpc) is 2.64. The van der Waals surface area contributed by atoms with Crippen LogP contribution in [0.15, 0.2) is 42.5 Å². The van der Waals surface area contributed by atoms with E-state index in [1.54, 1.807) is 49.4 Å². The number of carbonyl (C=O) groups is 2. The molecular weight excluding hydrogens is 370 g/mol. The van der Waals surface area contributed by atoms with Crippen molar-refractivity contribution in [3.8, 4) is 5.75 Å². The van der Waals surface area contributed by atoms with E-state index in [0.717, 1.165) is 5.56 Å². The second-order valence-electron chi connectivity index (χ2n) is 5.86. The molecule has 0 aliphatic carbocycles. The van der Waals surface area contributed by atoms with Gasteiger partial charge in [-0.3, -0.25) is 4.79 Å². The summed E-state index contributed by atoms with van der Waals surface area (Å²) in [5.41, 5.74) is 2.03. The number of methoxy groups -OCH3 is 1. The van der Waals surface area contributed by atoms with Gasteiger partial charge in [0, 0.05) is 23.4 Å². The van der Waals surface area contributed by atoms with Crippen molar-refractivity contribution in [1.29, 1.82) is 0 Å². The first kappa shape index (κ1) is 20.7. The number of amides is 1. The Morgan fingerprint density at radius 3 is 2.44 bits per heavy atom. The second-order valence-corrected chi connectivity index (χ2v) is 6.29. The van der Waals surface area contributed by atoms with E-state index in [2.05, 4.69) is 5.32 Å². The van der Waals surface area contributed by atoms with Gasteiger partial charge in [0.05, 0.1) is 6.61 Å². The first-order chi connectivity index (χ1) is 12.9. The number of esters is 1. The smallest absolute Gasteiger partial charge is 0.347 e. The van der Waals surface area contributed by atoms with E-state index < -0.39 is 12.1 Å². The van der Waals surface area contributed by atoms with Crippen molar-refractivity contribution < 1.29 is 23.8 Å². The molecule has 2 rings (SSSR count). The zero-order valence-corrected chi connectivity index (χ0v) is 16.2. The molecule has 0 heterocycles. The predicted molar refractivity (Wildman–Crippen MR) is 104 cm³/mol. The highest BCUT2D eigenvalue weighted by molar-refractivity contribution is 6.30. The normalized spacial score (nSPS) is 11.6. The van der Waals surface area contributed by atoms with Crippen LogP contribution in [0.5, 0.6) is 5.75 Å². The van der Waals surface area contributed by atoms with Crippen LogP contribution in [0, 0.1) is 6.92 Å². The van der Waals surface area contributed by atoms with Crippen LogP contribution >= 0.6 is 11.6 Å². The minimum absolute atomic E-state index is 0.173. The Kier molecular flexibility index (Phi) is 7.64. The lowest BCUT2D eigenvalue weighted by molar-refractivity contribution is -0.152. The molecule has 0 saturated heterocycles. The molecular formula is C20H22ClNO5. The van der Waals surface area contributed by atoms with Crippen LogP contribution in [0.1, 0.15) is 22.8 Å². The number of aryl methyl sites for hydroxylation is 1. The van der Waals surface area contributed by atoms with Crippen molar-refractivity contribution in [1.82, 2.24) is 0 Å². The molecule has 0 fully saturated rings. The lowest BCUT2D eigenvalue weighted by Gasteiger charge is -2.14. The highest BCUT2D eigenvalue weighted by Gasteiger charge is 2.16. The number of nitrogens with one attached hydrogen (secondary N) is 1. The van der Waals surface area contributed by atoms with Crippen molar-refractivity contribution in [2.75, 3.05) is 25.6 Å².